The second-order valence-corrected chi connectivity index (χ2v) is 12.7. The minimum atomic E-state index is 1.04. The summed E-state index contributed by atoms with van der Waals surface area (Å²) >= 11 is 0. The molecule has 214 valence electrons. The van der Waals surface area contributed by atoms with E-state index in [4.69, 9.17) is 0 Å². The van der Waals surface area contributed by atoms with Crippen molar-refractivity contribution in [1.29, 1.82) is 0 Å². The van der Waals surface area contributed by atoms with Crippen LogP contribution < -0.4 is 0 Å². The van der Waals surface area contributed by atoms with Crippen molar-refractivity contribution < 1.29 is 0 Å². The van der Waals surface area contributed by atoms with Gasteiger partial charge >= 0.3 is 0 Å². The number of aromatic amines is 1. The number of hydrogen-bond donors (Lipinski definition) is 1. The minimum Gasteiger partial charge on any atom is -0.354 e. The van der Waals surface area contributed by atoms with Crippen LogP contribution >= 0.6 is 0 Å². The van der Waals surface area contributed by atoms with E-state index >= 15 is 0 Å². The molecule has 0 saturated carbocycles. The Morgan fingerprint density at radius 3 is 1.53 bits per heavy atom. The SMILES string of the molecule is C=C1c2cc3cc(CCc4ccccc4)ccc3cc2-c2cc3[nH]c4cc5cc(CCc6ccccc6)ccc5cc4c3cc21. The highest BCUT2D eigenvalue weighted by atomic mass is 14.7. The maximum Gasteiger partial charge on any atom is 0.0471 e. The van der Waals surface area contributed by atoms with Crippen molar-refractivity contribution in [2.75, 3.05) is 0 Å². The molecule has 1 aliphatic rings. The van der Waals surface area contributed by atoms with Gasteiger partial charge in [0.05, 0.1) is 0 Å². The van der Waals surface area contributed by atoms with Crippen LogP contribution in [0.15, 0.2) is 140 Å². The van der Waals surface area contributed by atoms with Crippen LogP contribution in [0, 0.1) is 0 Å². The largest absolute Gasteiger partial charge is 0.354 e. The van der Waals surface area contributed by atoms with Crippen LogP contribution in [0.4, 0.5) is 0 Å². The summed E-state index contributed by atoms with van der Waals surface area (Å²) in [6, 6.07) is 49.5. The molecule has 0 unspecified atom stereocenters. The van der Waals surface area contributed by atoms with Crippen molar-refractivity contribution in [3.8, 4) is 11.1 Å². The third kappa shape index (κ3) is 4.55. The number of H-pyrrole nitrogens is 1. The fourth-order valence-electron chi connectivity index (χ4n) is 7.36. The van der Waals surface area contributed by atoms with Crippen molar-refractivity contribution >= 4 is 48.9 Å². The Labute approximate surface area is 263 Å². The van der Waals surface area contributed by atoms with E-state index in [1.807, 2.05) is 0 Å². The van der Waals surface area contributed by atoms with Crippen molar-refractivity contribution in [2.24, 2.45) is 0 Å². The van der Waals surface area contributed by atoms with Crippen LogP contribution in [0.2, 0.25) is 0 Å². The van der Waals surface area contributed by atoms with Crippen molar-refractivity contribution in [2.45, 2.75) is 25.7 Å². The summed E-state index contributed by atoms with van der Waals surface area (Å²) in [5.41, 5.74) is 14.1. The summed E-state index contributed by atoms with van der Waals surface area (Å²) in [5.74, 6) is 0. The molecule has 7 aromatic carbocycles. The molecule has 0 aliphatic heterocycles. The van der Waals surface area contributed by atoms with Crippen LogP contribution in [0.3, 0.4) is 0 Å². The predicted octanol–water partition coefficient (Wildman–Crippen LogP) is 11.2. The molecule has 1 aromatic heterocycles. The number of rotatable bonds is 6. The van der Waals surface area contributed by atoms with Gasteiger partial charge in [0, 0.05) is 21.8 Å². The number of nitrogens with one attached hydrogen (secondary N) is 1. The molecule has 0 saturated heterocycles. The number of hydrogen-bond acceptors (Lipinski definition) is 0. The van der Waals surface area contributed by atoms with E-state index in [9.17, 15) is 0 Å². The molecule has 1 heterocycles. The van der Waals surface area contributed by atoms with Gasteiger partial charge < -0.3 is 4.98 Å². The summed E-state index contributed by atoms with van der Waals surface area (Å²) < 4.78 is 0. The fourth-order valence-corrected chi connectivity index (χ4v) is 7.36. The minimum absolute atomic E-state index is 1.04. The lowest BCUT2D eigenvalue weighted by Gasteiger charge is -2.08. The standard InChI is InChI=1S/C44H33N/c1-28-37-24-35-20-31(14-12-29-8-4-2-5-9-29)16-18-33(35)22-39(37)40-27-44-42(26-38(28)40)41-23-34-19-17-32(21-36(34)25-43(41)45-44)15-13-30-10-6-3-7-11-30/h2-11,16-27,45H,1,12-15H2. The van der Waals surface area contributed by atoms with Crippen LogP contribution in [-0.4, -0.2) is 4.98 Å². The highest BCUT2D eigenvalue weighted by molar-refractivity contribution is 6.16. The maximum absolute atomic E-state index is 4.60. The van der Waals surface area contributed by atoms with Gasteiger partial charge in [0.1, 0.15) is 0 Å². The molecule has 1 heteroatoms. The van der Waals surface area contributed by atoms with E-state index in [1.54, 1.807) is 0 Å². The van der Waals surface area contributed by atoms with Crippen molar-refractivity contribution in [3.63, 3.8) is 0 Å². The average Bonchev–Trinajstić information content (AvgIpc) is 3.56. The molecule has 0 atom stereocenters. The Kier molecular flexibility index (Phi) is 5.99. The summed E-state index contributed by atoms with van der Waals surface area (Å²) in [6.07, 6.45) is 4.20. The molecule has 8 aromatic rings. The maximum atomic E-state index is 4.60. The lowest BCUT2D eigenvalue weighted by molar-refractivity contribution is 0.962. The third-order valence-corrected chi connectivity index (χ3v) is 9.83. The Bertz CT molecular complexity index is 2430. The molecule has 9 rings (SSSR count). The normalized spacial score (nSPS) is 12.4. The molecule has 0 radical (unpaired) electrons. The second kappa shape index (κ2) is 10.4. The molecular weight excluding hydrogens is 542 g/mol. The number of benzene rings is 7. The van der Waals surface area contributed by atoms with Crippen molar-refractivity contribution in [3.05, 3.63) is 173 Å². The Hall–Kier alpha value is -5.40. The lowest BCUT2D eigenvalue weighted by Crippen LogP contribution is -1.91. The molecule has 1 aliphatic carbocycles. The molecule has 0 amide bonds. The Morgan fingerprint density at radius 2 is 0.867 bits per heavy atom. The molecule has 1 nitrogen and oxygen atoms in total. The molecule has 0 bridgehead atoms. The van der Waals surface area contributed by atoms with Crippen LogP contribution in [0.25, 0.3) is 60.1 Å². The van der Waals surface area contributed by atoms with Crippen molar-refractivity contribution in [1.82, 2.24) is 4.98 Å². The van der Waals surface area contributed by atoms with E-state index in [2.05, 4.69) is 145 Å². The first-order valence-corrected chi connectivity index (χ1v) is 16.0. The monoisotopic (exact) mass is 575 g/mol. The van der Waals surface area contributed by atoms with E-state index in [1.165, 1.54) is 87.9 Å². The fraction of sp³-hybridized carbons (Fsp3) is 0.0909. The summed E-state index contributed by atoms with van der Waals surface area (Å²) in [7, 11) is 0. The number of fused-ring (bicyclic) bond motifs is 8. The zero-order chi connectivity index (χ0) is 29.9. The van der Waals surface area contributed by atoms with Gasteiger partial charge in [-0.2, -0.15) is 0 Å². The van der Waals surface area contributed by atoms with Gasteiger partial charge in [-0.3, -0.25) is 0 Å². The third-order valence-electron chi connectivity index (χ3n) is 9.83. The Morgan fingerprint density at radius 1 is 0.378 bits per heavy atom. The van der Waals surface area contributed by atoms with Crippen LogP contribution in [-0.2, 0) is 25.7 Å². The second-order valence-electron chi connectivity index (χ2n) is 12.7. The van der Waals surface area contributed by atoms with E-state index in [-0.39, 0.29) is 0 Å². The van der Waals surface area contributed by atoms with E-state index in [0.717, 1.165) is 31.3 Å². The first-order valence-electron chi connectivity index (χ1n) is 16.0. The molecule has 1 N–H and O–H groups in total. The van der Waals surface area contributed by atoms with Crippen LogP contribution in [0.1, 0.15) is 33.4 Å². The highest BCUT2D eigenvalue weighted by Crippen LogP contribution is 2.47. The first-order chi connectivity index (χ1) is 22.2. The zero-order valence-electron chi connectivity index (χ0n) is 25.2. The summed E-state index contributed by atoms with van der Waals surface area (Å²) in [6.45, 7) is 4.60. The van der Waals surface area contributed by atoms with E-state index in [0.29, 0.717) is 0 Å². The number of aromatic nitrogens is 1. The Balaban J connectivity index is 1.06. The van der Waals surface area contributed by atoms with Gasteiger partial charge in [-0.25, -0.2) is 0 Å². The summed E-state index contributed by atoms with van der Waals surface area (Å²) in [4.78, 5) is 3.77. The number of aryl methyl sites for hydroxylation is 4. The molecule has 0 spiro atoms. The smallest absolute Gasteiger partial charge is 0.0471 e. The van der Waals surface area contributed by atoms with Gasteiger partial charge in [-0.05, 0) is 134 Å². The zero-order valence-corrected chi connectivity index (χ0v) is 25.2. The van der Waals surface area contributed by atoms with Gasteiger partial charge in [0.15, 0.2) is 0 Å². The van der Waals surface area contributed by atoms with Gasteiger partial charge in [-0.1, -0.05) is 104 Å². The van der Waals surface area contributed by atoms with Crippen LogP contribution in [0.5, 0.6) is 0 Å². The predicted molar refractivity (Wildman–Crippen MR) is 192 cm³/mol. The average molecular weight is 576 g/mol. The summed E-state index contributed by atoms with van der Waals surface area (Å²) in [5, 5.41) is 7.68. The highest BCUT2D eigenvalue weighted by Gasteiger charge is 2.24. The van der Waals surface area contributed by atoms with Gasteiger partial charge in [0.2, 0.25) is 0 Å². The molecule has 0 fully saturated rings. The molecule has 45 heavy (non-hydrogen) atoms. The first kappa shape index (κ1) is 26.0. The quantitative estimate of drug-likeness (QED) is 0.203. The molecular formula is C44H33N. The lowest BCUT2D eigenvalue weighted by atomic mass is 9.96. The van der Waals surface area contributed by atoms with E-state index < -0.39 is 0 Å². The van der Waals surface area contributed by atoms with Gasteiger partial charge in [0.25, 0.3) is 0 Å². The topological polar surface area (TPSA) is 15.8 Å². The van der Waals surface area contributed by atoms with Gasteiger partial charge in [-0.15, -0.1) is 0 Å².